The molecule has 24 heavy (non-hydrogen) atoms. The smallest absolute Gasteiger partial charge is 0.266 e. The van der Waals surface area contributed by atoms with Crippen molar-refractivity contribution in [3.63, 3.8) is 0 Å². The Bertz CT molecular complexity index is 839. The van der Waals surface area contributed by atoms with Crippen LogP contribution >= 0.6 is 46.3 Å². The van der Waals surface area contributed by atoms with E-state index in [0.29, 0.717) is 26.5 Å². The third-order valence-electron chi connectivity index (χ3n) is 3.02. The van der Waals surface area contributed by atoms with E-state index in [-0.39, 0.29) is 5.91 Å². The van der Waals surface area contributed by atoms with Crippen LogP contribution in [0.4, 0.5) is 5.82 Å². The van der Waals surface area contributed by atoms with Crippen molar-refractivity contribution in [1.82, 2.24) is 10.2 Å². The largest absolute Gasteiger partial charge is 0.304 e. The van der Waals surface area contributed by atoms with Gasteiger partial charge in [0.1, 0.15) is 5.03 Å². The van der Waals surface area contributed by atoms with Crippen LogP contribution in [-0.2, 0) is 5.75 Å². The van der Waals surface area contributed by atoms with E-state index in [2.05, 4.69) is 15.5 Å². The van der Waals surface area contributed by atoms with Gasteiger partial charge in [0.15, 0.2) is 5.82 Å². The molecule has 3 aromatic rings. The summed E-state index contributed by atoms with van der Waals surface area (Å²) in [5, 5.41) is 14.7. The molecule has 1 N–H and O–H groups in total. The Labute approximate surface area is 157 Å². The molecule has 3 rings (SSSR count). The van der Waals surface area contributed by atoms with E-state index in [9.17, 15) is 4.79 Å². The lowest BCUT2D eigenvalue weighted by Crippen LogP contribution is -2.11. The fraction of sp³-hybridized carbons (Fsp3) is 0.0625. The lowest BCUT2D eigenvalue weighted by molar-refractivity contribution is 0.103. The van der Waals surface area contributed by atoms with E-state index < -0.39 is 0 Å². The third-order valence-corrected chi connectivity index (χ3v) is 5.44. The van der Waals surface area contributed by atoms with Gasteiger partial charge in [-0.1, -0.05) is 47.1 Å². The van der Waals surface area contributed by atoms with Gasteiger partial charge in [-0.15, -0.1) is 21.5 Å². The Morgan fingerprint density at radius 3 is 2.71 bits per heavy atom. The number of rotatable bonds is 5. The predicted molar refractivity (Wildman–Crippen MR) is 100 cm³/mol. The predicted octanol–water partition coefficient (Wildman–Crippen LogP) is 5.39. The Morgan fingerprint density at radius 2 is 2.04 bits per heavy atom. The van der Waals surface area contributed by atoms with Crippen LogP contribution in [0.25, 0.3) is 0 Å². The highest BCUT2D eigenvalue weighted by molar-refractivity contribution is 7.98. The van der Waals surface area contributed by atoms with Crippen LogP contribution < -0.4 is 5.32 Å². The van der Waals surface area contributed by atoms with E-state index in [1.54, 1.807) is 24.3 Å². The molecule has 2 heterocycles. The van der Waals surface area contributed by atoms with Crippen LogP contribution in [0.15, 0.2) is 52.9 Å². The number of nitrogens with zero attached hydrogens (tertiary/aromatic N) is 2. The monoisotopic (exact) mass is 395 g/mol. The van der Waals surface area contributed by atoms with Crippen molar-refractivity contribution < 1.29 is 4.79 Å². The molecule has 2 aromatic heterocycles. The first-order chi connectivity index (χ1) is 11.6. The molecule has 0 aliphatic carbocycles. The molecule has 0 aliphatic heterocycles. The van der Waals surface area contributed by atoms with Gasteiger partial charge in [0.2, 0.25) is 0 Å². The highest BCUT2D eigenvalue weighted by Crippen LogP contribution is 2.27. The van der Waals surface area contributed by atoms with Gasteiger partial charge in [0, 0.05) is 15.8 Å². The molecule has 4 nitrogen and oxygen atoms in total. The van der Waals surface area contributed by atoms with Gasteiger partial charge in [0.05, 0.1) is 4.88 Å². The zero-order valence-corrected chi connectivity index (χ0v) is 15.3. The Morgan fingerprint density at radius 1 is 1.17 bits per heavy atom. The molecule has 1 amide bonds. The molecular weight excluding hydrogens is 385 g/mol. The molecule has 0 saturated carbocycles. The molecule has 8 heteroatoms. The summed E-state index contributed by atoms with van der Waals surface area (Å²) in [6.45, 7) is 0. The molecule has 0 radical (unpaired) electrons. The molecule has 0 saturated heterocycles. The first-order valence-corrected chi connectivity index (χ1v) is 9.49. The average Bonchev–Trinajstić information content (AvgIpc) is 3.10. The van der Waals surface area contributed by atoms with Crippen molar-refractivity contribution in [2.45, 2.75) is 10.8 Å². The highest BCUT2D eigenvalue weighted by atomic mass is 35.5. The second kappa shape index (κ2) is 7.98. The maximum absolute atomic E-state index is 11.9. The standard InChI is InChI=1S/C16H11Cl2N3OS2/c17-11-4-3-10(12(18)8-11)9-24-15-6-5-14(20-21-15)19-16(22)13-2-1-7-23-13/h1-8H,9H2,(H,19,20,22). The number of halogens is 2. The number of hydrogen-bond donors (Lipinski definition) is 1. The molecule has 122 valence electrons. The summed E-state index contributed by atoms with van der Waals surface area (Å²) in [5.74, 6) is 0.890. The quantitative estimate of drug-likeness (QED) is 0.588. The fourth-order valence-electron chi connectivity index (χ4n) is 1.84. The molecule has 0 aliphatic rings. The van der Waals surface area contributed by atoms with E-state index in [0.717, 1.165) is 10.6 Å². The minimum Gasteiger partial charge on any atom is -0.304 e. The number of amides is 1. The lowest BCUT2D eigenvalue weighted by Gasteiger charge is -2.05. The summed E-state index contributed by atoms with van der Waals surface area (Å²) in [6.07, 6.45) is 0. The van der Waals surface area contributed by atoms with Gasteiger partial charge in [-0.05, 0) is 41.3 Å². The summed E-state index contributed by atoms with van der Waals surface area (Å²) in [5.41, 5.74) is 0.975. The number of thioether (sulfide) groups is 1. The van der Waals surface area contributed by atoms with Gasteiger partial charge in [0.25, 0.3) is 5.91 Å². The molecule has 0 spiro atoms. The number of aromatic nitrogens is 2. The number of benzene rings is 1. The summed E-state index contributed by atoms with van der Waals surface area (Å²) < 4.78 is 0. The van der Waals surface area contributed by atoms with Crippen molar-refractivity contribution in [2.75, 3.05) is 5.32 Å². The Balaban J connectivity index is 1.59. The second-order valence-electron chi connectivity index (χ2n) is 4.71. The number of anilines is 1. The van der Waals surface area contributed by atoms with E-state index in [1.165, 1.54) is 23.1 Å². The minimum atomic E-state index is -0.187. The topological polar surface area (TPSA) is 54.9 Å². The van der Waals surface area contributed by atoms with Crippen LogP contribution in [0.1, 0.15) is 15.2 Å². The maximum atomic E-state index is 11.9. The average molecular weight is 396 g/mol. The van der Waals surface area contributed by atoms with Crippen LogP contribution in [0.3, 0.4) is 0 Å². The van der Waals surface area contributed by atoms with Crippen molar-refractivity contribution in [2.24, 2.45) is 0 Å². The molecule has 1 aromatic carbocycles. The lowest BCUT2D eigenvalue weighted by atomic mass is 10.2. The Hall–Kier alpha value is -1.60. The summed E-state index contributed by atoms with van der Waals surface area (Å²) in [7, 11) is 0. The number of hydrogen-bond acceptors (Lipinski definition) is 5. The zero-order valence-electron chi connectivity index (χ0n) is 12.2. The van der Waals surface area contributed by atoms with Gasteiger partial charge in [-0.25, -0.2) is 0 Å². The van der Waals surface area contributed by atoms with Crippen LogP contribution in [0, 0.1) is 0 Å². The van der Waals surface area contributed by atoms with Gasteiger partial charge < -0.3 is 5.32 Å². The molecule has 0 atom stereocenters. The number of thiophene rings is 1. The first-order valence-electron chi connectivity index (χ1n) is 6.87. The van der Waals surface area contributed by atoms with Crippen molar-refractivity contribution in [1.29, 1.82) is 0 Å². The Kier molecular flexibility index (Phi) is 5.73. The maximum Gasteiger partial charge on any atom is 0.266 e. The van der Waals surface area contributed by atoms with Crippen molar-refractivity contribution in [3.8, 4) is 0 Å². The van der Waals surface area contributed by atoms with Gasteiger partial charge >= 0.3 is 0 Å². The number of carbonyl (C=O) groups is 1. The highest BCUT2D eigenvalue weighted by Gasteiger charge is 2.08. The number of nitrogens with one attached hydrogen (secondary N) is 1. The van der Waals surface area contributed by atoms with Gasteiger partial charge in [-0.3, -0.25) is 4.79 Å². The van der Waals surface area contributed by atoms with Crippen LogP contribution in [-0.4, -0.2) is 16.1 Å². The molecule has 0 bridgehead atoms. The number of carbonyl (C=O) groups excluding carboxylic acids is 1. The third kappa shape index (κ3) is 4.48. The SMILES string of the molecule is O=C(Nc1ccc(SCc2ccc(Cl)cc2Cl)nn1)c1cccs1. The van der Waals surface area contributed by atoms with Crippen molar-refractivity contribution in [3.05, 3.63) is 68.3 Å². The first kappa shape index (κ1) is 17.2. The van der Waals surface area contributed by atoms with Crippen LogP contribution in [0.5, 0.6) is 0 Å². The summed E-state index contributed by atoms with van der Waals surface area (Å²) in [6, 6.07) is 12.5. The molecule has 0 unspecified atom stereocenters. The van der Waals surface area contributed by atoms with E-state index >= 15 is 0 Å². The fourth-order valence-corrected chi connectivity index (χ4v) is 3.83. The molecule has 0 fully saturated rings. The normalized spacial score (nSPS) is 10.6. The molecular formula is C16H11Cl2N3OS2. The summed E-state index contributed by atoms with van der Waals surface area (Å²) >= 11 is 14.9. The van der Waals surface area contributed by atoms with E-state index in [1.807, 2.05) is 23.6 Å². The summed E-state index contributed by atoms with van der Waals surface area (Å²) in [4.78, 5) is 12.6. The van der Waals surface area contributed by atoms with Crippen molar-refractivity contribution >= 4 is 58.0 Å². The van der Waals surface area contributed by atoms with Crippen LogP contribution in [0.2, 0.25) is 10.0 Å². The zero-order chi connectivity index (χ0) is 16.9. The minimum absolute atomic E-state index is 0.187. The van der Waals surface area contributed by atoms with Gasteiger partial charge in [-0.2, -0.15) is 0 Å². The van der Waals surface area contributed by atoms with E-state index in [4.69, 9.17) is 23.2 Å². The second-order valence-corrected chi connectivity index (χ2v) is 7.50.